The predicted octanol–water partition coefficient (Wildman–Crippen LogP) is 2.76. The fourth-order valence-corrected chi connectivity index (χ4v) is 3.63. The van der Waals surface area contributed by atoms with Crippen LogP contribution in [0.15, 0.2) is 24.3 Å². The molecule has 1 fully saturated rings. The van der Waals surface area contributed by atoms with Gasteiger partial charge in [-0.1, -0.05) is 12.1 Å². The number of aliphatic hydroxyl groups is 1. The molecule has 2 unspecified atom stereocenters. The third kappa shape index (κ3) is 2.93. The van der Waals surface area contributed by atoms with E-state index in [0.717, 1.165) is 11.3 Å². The second-order valence-electron chi connectivity index (χ2n) is 7.59. The first-order valence-corrected chi connectivity index (χ1v) is 8.78. The first kappa shape index (κ1) is 18.3. The Bertz CT molecular complexity index is 802. The highest BCUT2D eigenvalue weighted by Crippen LogP contribution is 2.40. The van der Waals surface area contributed by atoms with Crippen LogP contribution in [0.5, 0.6) is 0 Å². The Morgan fingerprint density at radius 1 is 1.35 bits per heavy atom. The van der Waals surface area contributed by atoms with E-state index in [1.54, 1.807) is 56.9 Å². The fraction of sp³-hybridized carbons (Fsp3) is 0.500. The molecule has 0 aliphatic carbocycles. The summed E-state index contributed by atoms with van der Waals surface area (Å²) < 4.78 is 5.54. The molecule has 26 heavy (non-hydrogen) atoms. The summed E-state index contributed by atoms with van der Waals surface area (Å²) in [5.41, 5.74) is -1.93. The average Bonchev–Trinajstić information content (AvgIpc) is 3.01. The summed E-state index contributed by atoms with van der Waals surface area (Å²) in [7, 11) is 0. The summed E-state index contributed by atoms with van der Waals surface area (Å²) in [4.78, 5) is 28.9. The van der Waals surface area contributed by atoms with Gasteiger partial charge in [0.15, 0.2) is 0 Å². The lowest BCUT2D eigenvalue weighted by molar-refractivity contribution is 0.00241. The van der Waals surface area contributed by atoms with Gasteiger partial charge >= 0.3 is 6.09 Å². The van der Waals surface area contributed by atoms with Crippen molar-refractivity contribution in [3.63, 3.8) is 0 Å². The van der Waals surface area contributed by atoms with Crippen LogP contribution in [0.25, 0.3) is 0 Å². The Morgan fingerprint density at radius 2 is 2.04 bits per heavy atom. The largest absolute Gasteiger partial charge is 0.443 e. The number of nitrogens with zero attached hydrogens (tertiary/aromatic N) is 2. The van der Waals surface area contributed by atoms with E-state index in [2.05, 4.69) is 11.8 Å². The van der Waals surface area contributed by atoms with Crippen molar-refractivity contribution < 1.29 is 19.4 Å². The number of hydrogen-bond acceptors (Lipinski definition) is 4. The van der Waals surface area contributed by atoms with Crippen LogP contribution in [-0.4, -0.2) is 45.9 Å². The highest BCUT2D eigenvalue weighted by atomic mass is 16.6. The molecule has 0 aromatic heterocycles. The maximum Gasteiger partial charge on any atom is 0.418 e. The maximum atomic E-state index is 13.1. The summed E-state index contributed by atoms with van der Waals surface area (Å²) in [6.45, 7) is 7.39. The minimum absolute atomic E-state index is 0.203. The van der Waals surface area contributed by atoms with Crippen LogP contribution in [0, 0.1) is 11.8 Å². The van der Waals surface area contributed by atoms with Gasteiger partial charge in [-0.15, -0.1) is 5.92 Å². The SMILES string of the molecule is CC#CC1(O)C2CCCN2C(=O)c2ccccc2N1C(=O)OC(C)(C)C. The number of para-hydroxylation sites is 1. The zero-order valence-electron chi connectivity index (χ0n) is 15.6. The molecule has 1 aromatic rings. The highest BCUT2D eigenvalue weighted by molar-refractivity contribution is 6.06. The lowest BCUT2D eigenvalue weighted by atomic mass is 9.99. The third-order valence-corrected chi connectivity index (χ3v) is 4.58. The monoisotopic (exact) mass is 356 g/mol. The zero-order chi connectivity index (χ0) is 19.1. The summed E-state index contributed by atoms with van der Waals surface area (Å²) in [6, 6.07) is 6.16. The van der Waals surface area contributed by atoms with E-state index >= 15 is 0 Å². The number of anilines is 1. The van der Waals surface area contributed by atoms with Crippen LogP contribution in [0.4, 0.5) is 10.5 Å². The van der Waals surface area contributed by atoms with Crippen LogP contribution in [0.1, 0.15) is 50.9 Å². The van der Waals surface area contributed by atoms with Gasteiger partial charge in [-0.25, -0.2) is 9.69 Å². The van der Waals surface area contributed by atoms with Crippen LogP contribution in [-0.2, 0) is 4.74 Å². The number of carbonyl (C=O) groups is 2. The van der Waals surface area contributed by atoms with Crippen molar-refractivity contribution in [3.05, 3.63) is 29.8 Å². The molecule has 0 saturated carbocycles. The zero-order valence-corrected chi connectivity index (χ0v) is 15.6. The van der Waals surface area contributed by atoms with Crippen molar-refractivity contribution >= 4 is 17.7 Å². The number of rotatable bonds is 0. The summed E-state index contributed by atoms with van der Waals surface area (Å²) in [5.74, 6) is 5.31. The van der Waals surface area contributed by atoms with E-state index in [-0.39, 0.29) is 5.91 Å². The second-order valence-corrected chi connectivity index (χ2v) is 7.59. The molecule has 2 amide bonds. The molecule has 1 saturated heterocycles. The minimum atomic E-state index is -1.85. The van der Waals surface area contributed by atoms with Crippen molar-refractivity contribution in [3.8, 4) is 11.8 Å². The van der Waals surface area contributed by atoms with Gasteiger partial charge in [-0.3, -0.25) is 4.79 Å². The molecule has 6 nitrogen and oxygen atoms in total. The van der Waals surface area contributed by atoms with Crippen LogP contribution < -0.4 is 4.90 Å². The minimum Gasteiger partial charge on any atom is -0.443 e. The van der Waals surface area contributed by atoms with Gasteiger partial charge in [0.05, 0.1) is 17.3 Å². The molecular formula is C20H24N2O4. The number of fused-ring (bicyclic) bond motifs is 2. The predicted molar refractivity (Wildman–Crippen MR) is 97.6 cm³/mol. The molecule has 2 heterocycles. The van der Waals surface area contributed by atoms with Gasteiger partial charge in [-0.2, -0.15) is 0 Å². The number of hydrogen-bond donors (Lipinski definition) is 1. The van der Waals surface area contributed by atoms with Crippen molar-refractivity contribution in [1.82, 2.24) is 4.90 Å². The van der Waals surface area contributed by atoms with Crippen molar-refractivity contribution in [2.75, 3.05) is 11.4 Å². The molecule has 2 atom stereocenters. The van der Waals surface area contributed by atoms with Crippen molar-refractivity contribution in [1.29, 1.82) is 0 Å². The van der Waals surface area contributed by atoms with Crippen molar-refractivity contribution in [2.45, 2.75) is 57.9 Å². The molecule has 0 radical (unpaired) electrons. The fourth-order valence-electron chi connectivity index (χ4n) is 3.63. The summed E-state index contributed by atoms with van der Waals surface area (Å²) in [6.07, 6.45) is 0.579. The number of carbonyl (C=O) groups excluding carboxylic acids is 2. The molecule has 2 aliphatic heterocycles. The molecule has 1 N–H and O–H groups in total. The number of ether oxygens (including phenoxy) is 1. The Kier molecular flexibility index (Phi) is 4.45. The quantitative estimate of drug-likeness (QED) is 0.726. The molecule has 2 aliphatic rings. The lowest BCUT2D eigenvalue weighted by Crippen LogP contribution is -2.62. The number of amides is 2. The Hall–Kier alpha value is -2.52. The molecule has 3 rings (SSSR count). The van der Waals surface area contributed by atoms with E-state index < -0.39 is 23.5 Å². The molecule has 1 aromatic carbocycles. The average molecular weight is 356 g/mol. The molecule has 138 valence electrons. The smallest absolute Gasteiger partial charge is 0.418 e. The van der Waals surface area contributed by atoms with Crippen molar-refractivity contribution in [2.24, 2.45) is 0 Å². The standard InChI is InChI=1S/C20H24N2O4/c1-5-12-20(25)16-11-8-13-21(16)17(23)14-9-6-7-10-15(14)22(20)18(24)26-19(2,3)4/h6-7,9-10,16,25H,8,11,13H2,1-4H3. The second kappa shape index (κ2) is 6.33. The summed E-state index contributed by atoms with van der Waals surface area (Å²) in [5, 5.41) is 11.6. The first-order chi connectivity index (χ1) is 12.2. The number of benzene rings is 1. The normalized spacial score (nSPS) is 25.0. The Morgan fingerprint density at radius 3 is 2.69 bits per heavy atom. The van der Waals surface area contributed by atoms with Crippen LogP contribution >= 0.6 is 0 Å². The Balaban J connectivity index is 2.24. The van der Waals surface area contributed by atoms with Crippen LogP contribution in [0.3, 0.4) is 0 Å². The van der Waals surface area contributed by atoms with E-state index in [1.165, 1.54) is 0 Å². The van der Waals surface area contributed by atoms with Crippen LogP contribution in [0.2, 0.25) is 0 Å². The van der Waals surface area contributed by atoms with E-state index in [9.17, 15) is 14.7 Å². The first-order valence-electron chi connectivity index (χ1n) is 8.78. The van der Waals surface area contributed by atoms with Gasteiger partial charge in [-0.05, 0) is 58.6 Å². The van der Waals surface area contributed by atoms with E-state index in [1.807, 2.05) is 0 Å². The van der Waals surface area contributed by atoms with Gasteiger partial charge < -0.3 is 14.7 Å². The molecule has 0 bridgehead atoms. The topological polar surface area (TPSA) is 70.1 Å². The van der Waals surface area contributed by atoms with Gasteiger partial charge in [0, 0.05) is 6.54 Å². The van der Waals surface area contributed by atoms with Gasteiger partial charge in [0.2, 0.25) is 5.72 Å². The lowest BCUT2D eigenvalue weighted by Gasteiger charge is -2.40. The maximum absolute atomic E-state index is 13.1. The van der Waals surface area contributed by atoms with Gasteiger partial charge in [0.25, 0.3) is 5.91 Å². The van der Waals surface area contributed by atoms with Gasteiger partial charge in [0.1, 0.15) is 5.60 Å². The molecule has 0 spiro atoms. The Labute approximate surface area is 153 Å². The molecule has 6 heteroatoms. The third-order valence-electron chi connectivity index (χ3n) is 4.58. The van der Waals surface area contributed by atoms with E-state index in [4.69, 9.17) is 4.74 Å². The molecular weight excluding hydrogens is 332 g/mol. The summed E-state index contributed by atoms with van der Waals surface area (Å²) >= 11 is 0. The highest BCUT2D eigenvalue weighted by Gasteiger charge is 2.54. The van der Waals surface area contributed by atoms with E-state index in [0.29, 0.717) is 24.2 Å².